The van der Waals surface area contributed by atoms with Gasteiger partial charge in [0.15, 0.2) is 0 Å². The Morgan fingerprint density at radius 2 is 1.87 bits per heavy atom. The minimum atomic E-state index is -0.838. The maximum Gasteiger partial charge on any atom is 0.262 e. The molecule has 8 heteroatoms. The molecule has 0 aliphatic heterocycles. The molecule has 2 amide bonds. The molecule has 0 spiro atoms. The first kappa shape index (κ1) is 21.4. The van der Waals surface area contributed by atoms with E-state index >= 15 is 0 Å². The smallest absolute Gasteiger partial charge is 0.262 e. The van der Waals surface area contributed by atoms with Gasteiger partial charge in [0.25, 0.3) is 11.8 Å². The SMILES string of the molecule is Cc1ccc(-c2ccc(/C=N\NC(=O)[C@@H](C)NC(=O)c3ccc(F)cc3)o2)c(Br)c1. The van der Waals surface area contributed by atoms with Gasteiger partial charge >= 0.3 is 0 Å². The van der Waals surface area contributed by atoms with Crippen LogP contribution in [0, 0.1) is 12.7 Å². The standard InChI is InChI=1S/C22H19BrFN3O3/c1-13-3-9-18(19(23)11-13)20-10-8-17(30-20)12-25-27-21(28)14(2)26-22(29)15-4-6-16(24)7-5-15/h3-12,14H,1-2H3,(H,26,29)(H,27,28)/b25-12-/t14-/m1/s1. The predicted molar refractivity (Wildman–Crippen MR) is 116 cm³/mol. The number of halogens is 2. The van der Waals surface area contributed by atoms with Crippen LogP contribution in [-0.4, -0.2) is 24.1 Å². The minimum absolute atomic E-state index is 0.255. The number of rotatable bonds is 6. The van der Waals surface area contributed by atoms with Gasteiger partial charge < -0.3 is 9.73 Å². The summed E-state index contributed by atoms with van der Waals surface area (Å²) in [6.07, 6.45) is 1.37. The van der Waals surface area contributed by atoms with Crippen LogP contribution in [0.2, 0.25) is 0 Å². The van der Waals surface area contributed by atoms with E-state index in [0.717, 1.165) is 15.6 Å². The summed E-state index contributed by atoms with van der Waals surface area (Å²) in [7, 11) is 0. The molecule has 2 N–H and O–H groups in total. The maximum absolute atomic E-state index is 12.9. The summed E-state index contributed by atoms with van der Waals surface area (Å²) in [5, 5.41) is 6.39. The van der Waals surface area contributed by atoms with E-state index in [1.165, 1.54) is 37.4 Å². The molecular formula is C22H19BrFN3O3. The lowest BCUT2D eigenvalue weighted by Gasteiger charge is -2.12. The van der Waals surface area contributed by atoms with Crippen LogP contribution >= 0.6 is 15.9 Å². The van der Waals surface area contributed by atoms with E-state index < -0.39 is 23.7 Å². The molecule has 154 valence electrons. The van der Waals surface area contributed by atoms with Crippen molar-refractivity contribution in [1.82, 2.24) is 10.7 Å². The van der Waals surface area contributed by atoms with Crippen molar-refractivity contribution in [1.29, 1.82) is 0 Å². The normalized spacial score (nSPS) is 12.0. The van der Waals surface area contributed by atoms with Crippen LogP contribution in [0.3, 0.4) is 0 Å². The van der Waals surface area contributed by atoms with Crippen molar-refractivity contribution >= 4 is 34.0 Å². The molecule has 0 radical (unpaired) electrons. The lowest BCUT2D eigenvalue weighted by atomic mass is 10.1. The van der Waals surface area contributed by atoms with E-state index in [9.17, 15) is 14.0 Å². The largest absolute Gasteiger partial charge is 0.455 e. The van der Waals surface area contributed by atoms with Gasteiger partial charge in [-0.05, 0) is 67.9 Å². The quantitative estimate of drug-likeness (QED) is 0.412. The molecule has 1 atom stereocenters. The Labute approximate surface area is 181 Å². The molecule has 1 heterocycles. The molecule has 0 fully saturated rings. The summed E-state index contributed by atoms with van der Waals surface area (Å²) >= 11 is 3.52. The van der Waals surface area contributed by atoms with Crippen molar-refractivity contribution in [3.05, 3.63) is 81.8 Å². The number of nitrogens with zero attached hydrogens (tertiary/aromatic N) is 1. The Hall–Kier alpha value is -3.26. The fourth-order valence-corrected chi connectivity index (χ4v) is 3.28. The number of hydrogen-bond acceptors (Lipinski definition) is 4. The van der Waals surface area contributed by atoms with E-state index in [1.807, 2.05) is 31.2 Å². The first-order valence-corrected chi connectivity index (χ1v) is 9.88. The zero-order valence-corrected chi connectivity index (χ0v) is 17.9. The lowest BCUT2D eigenvalue weighted by molar-refractivity contribution is -0.122. The zero-order chi connectivity index (χ0) is 21.7. The van der Waals surface area contributed by atoms with Crippen LogP contribution in [0.25, 0.3) is 11.3 Å². The average molecular weight is 472 g/mol. The number of aryl methyl sites for hydroxylation is 1. The number of nitrogens with one attached hydrogen (secondary N) is 2. The highest BCUT2D eigenvalue weighted by Crippen LogP contribution is 2.30. The van der Waals surface area contributed by atoms with Gasteiger partial charge in [-0.3, -0.25) is 9.59 Å². The van der Waals surface area contributed by atoms with Gasteiger partial charge in [-0.15, -0.1) is 0 Å². The van der Waals surface area contributed by atoms with Crippen molar-refractivity contribution in [2.24, 2.45) is 5.10 Å². The van der Waals surface area contributed by atoms with Crippen molar-refractivity contribution < 1.29 is 18.4 Å². The van der Waals surface area contributed by atoms with Gasteiger partial charge in [0, 0.05) is 15.6 Å². The molecule has 0 saturated heterocycles. The van der Waals surface area contributed by atoms with Gasteiger partial charge in [0.05, 0.1) is 6.21 Å². The molecule has 3 rings (SSSR count). The molecule has 0 bridgehead atoms. The number of furan rings is 1. The topological polar surface area (TPSA) is 83.7 Å². The number of hydrazone groups is 1. The number of amides is 2. The first-order valence-electron chi connectivity index (χ1n) is 9.09. The molecule has 0 aliphatic carbocycles. The van der Waals surface area contributed by atoms with E-state index in [0.29, 0.717) is 11.5 Å². The molecule has 0 unspecified atom stereocenters. The molecule has 1 aromatic heterocycles. The second-order valence-corrected chi connectivity index (χ2v) is 7.48. The summed E-state index contributed by atoms with van der Waals surface area (Å²) in [6.45, 7) is 3.52. The third-order valence-corrected chi connectivity index (χ3v) is 4.89. The molecule has 0 aliphatic rings. The molecule has 0 saturated carbocycles. The second kappa shape index (κ2) is 9.49. The van der Waals surface area contributed by atoms with E-state index in [-0.39, 0.29) is 5.56 Å². The molecular weight excluding hydrogens is 453 g/mol. The van der Waals surface area contributed by atoms with Crippen LogP contribution in [0.1, 0.15) is 28.6 Å². The number of hydrogen-bond donors (Lipinski definition) is 2. The van der Waals surface area contributed by atoms with Gasteiger partial charge in [-0.2, -0.15) is 5.10 Å². The average Bonchev–Trinajstić information content (AvgIpc) is 3.16. The van der Waals surface area contributed by atoms with Gasteiger partial charge in [-0.25, -0.2) is 9.82 Å². The highest BCUT2D eigenvalue weighted by Gasteiger charge is 2.16. The Bertz CT molecular complexity index is 1090. The van der Waals surface area contributed by atoms with E-state index in [2.05, 4.69) is 31.8 Å². The van der Waals surface area contributed by atoms with Crippen LogP contribution in [0.5, 0.6) is 0 Å². The van der Waals surface area contributed by atoms with Crippen molar-refractivity contribution in [3.63, 3.8) is 0 Å². The third-order valence-electron chi connectivity index (χ3n) is 4.23. The summed E-state index contributed by atoms with van der Waals surface area (Å²) in [6, 6.07) is 13.7. The first-order chi connectivity index (χ1) is 14.3. The van der Waals surface area contributed by atoms with E-state index in [1.54, 1.807) is 6.07 Å². The number of benzene rings is 2. The maximum atomic E-state index is 12.9. The van der Waals surface area contributed by atoms with Crippen molar-refractivity contribution in [3.8, 4) is 11.3 Å². The van der Waals surface area contributed by atoms with Crippen LogP contribution in [-0.2, 0) is 4.79 Å². The summed E-state index contributed by atoms with van der Waals surface area (Å²) in [5.74, 6) is -0.311. The monoisotopic (exact) mass is 471 g/mol. The predicted octanol–water partition coefficient (Wildman–Crippen LogP) is 4.43. The van der Waals surface area contributed by atoms with Crippen molar-refractivity contribution in [2.45, 2.75) is 19.9 Å². The number of carbonyl (C=O) groups excluding carboxylic acids is 2. The third kappa shape index (κ3) is 5.42. The lowest BCUT2D eigenvalue weighted by Crippen LogP contribution is -2.43. The zero-order valence-electron chi connectivity index (χ0n) is 16.3. The molecule has 2 aromatic carbocycles. The fourth-order valence-electron chi connectivity index (χ4n) is 2.59. The van der Waals surface area contributed by atoms with Gasteiger partial charge in [-0.1, -0.05) is 22.0 Å². The Balaban J connectivity index is 1.56. The van der Waals surface area contributed by atoms with Gasteiger partial charge in [0.1, 0.15) is 23.4 Å². The van der Waals surface area contributed by atoms with Crippen LogP contribution in [0.15, 0.2) is 68.6 Å². The van der Waals surface area contributed by atoms with E-state index in [4.69, 9.17) is 4.42 Å². The fraction of sp³-hybridized carbons (Fsp3) is 0.136. The Morgan fingerprint density at radius 3 is 2.57 bits per heavy atom. The molecule has 3 aromatic rings. The number of carbonyl (C=O) groups is 2. The summed E-state index contributed by atoms with van der Waals surface area (Å²) in [5.41, 5.74) is 4.64. The minimum Gasteiger partial charge on any atom is -0.455 e. The Kier molecular flexibility index (Phi) is 6.79. The van der Waals surface area contributed by atoms with Crippen LogP contribution < -0.4 is 10.7 Å². The summed E-state index contributed by atoms with van der Waals surface area (Å²) in [4.78, 5) is 24.2. The summed E-state index contributed by atoms with van der Waals surface area (Å²) < 4.78 is 19.6. The van der Waals surface area contributed by atoms with Crippen LogP contribution in [0.4, 0.5) is 4.39 Å². The molecule has 30 heavy (non-hydrogen) atoms. The molecule has 6 nitrogen and oxygen atoms in total. The highest BCUT2D eigenvalue weighted by atomic mass is 79.9. The second-order valence-electron chi connectivity index (χ2n) is 6.62. The highest BCUT2D eigenvalue weighted by molar-refractivity contribution is 9.10. The Morgan fingerprint density at radius 1 is 1.13 bits per heavy atom. The van der Waals surface area contributed by atoms with Gasteiger partial charge in [0.2, 0.25) is 0 Å². The van der Waals surface area contributed by atoms with Crippen molar-refractivity contribution in [2.75, 3.05) is 0 Å².